The van der Waals surface area contributed by atoms with Crippen LogP contribution < -0.4 is 10.2 Å². The van der Waals surface area contributed by atoms with Gasteiger partial charge in [-0.05, 0) is 62.1 Å². The Balaban J connectivity index is 1.37. The molecule has 0 atom stereocenters. The van der Waals surface area contributed by atoms with Gasteiger partial charge in [-0.3, -0.25) is 9.78 Å². The summed E-state index contributed by atoms with van der Waals surface area (Å²) in [6.45, 7) is 4.21. The normalized spacial score (nSPS) is 13.6. The highest BCUT2D eigenvalue weighted by Crippen LogP contribution is 2.26. The number of pyridine rings is 1. The summed E-state index contributed by atoms with van der Waals surface area (Å²) in [5.74, 6) is 0.134. The number of hydrogen-bond acceptors (Lipinski definition) is 5. The third kappa shape index (κ3) is 4.28. The Hall–Kier alpha value is -3.81. The highest BCUT2D eigenvalue weighted by atomic mass is 19.1. The van der Waals surface area contributed by atoms with Crippen molar-refractivity contribution in [1.29, 1.82) is 0 Å². The molecular weight excluding hydrogens is 419 g/mol. The van der Waals surface area contributed by atoms with Gasteiger partial charge < -0.3 is 15.2 Å². The summed E-state index contributed by atoms with van der Waals surface area (Å²) >= 11 is 0. The minimum atomic E-state index is -0.274. The second-order valence-corrected chi connectivity index (χ2v) is 8.29. The van der Waals surface area contributed by atoms with Gasteiger partial charge in [-0.25, -0.2) is 14.4 Å². The molecule has 3 aromatic heterocycles. The molecule has 1 amide bonds. The van der Waals surface area contributed by atoms with Gasteiger partial charge in [-0.15, -0.1) is 0 Å². The smallest absolute Gasteiger partial charge is 0.255 e. The molecule has 4 aromatic rings. The van der Waals surface area contributed by atoms with Gasteiger partial charge in [0.25, 0.3) is 5.91 Å². The quantitative estimate of drug-likeness (QED) is 0.469. The molecule has 1 aromatic carbocycles. The predicted octanol–water partition coefficient (Wildman–Crippen LogP) is 4.04. The fourth-order valence-electron chi connectivity index (χ4n) is 4.41. The molecule has 2 N–H and O–H groups in total. The SMILES string of the molecule is Cc1[nH]c2ccc(F)cc2c1CCNC(=O)c1cnc(N2CCCC2)nc1-c1ccncc1. The van der Waals surface area contributed by atoms with E-state index in [-0.39, 0.29) is 11.7 Å². The maximum Gasteiger partial charge on any atom is 0.255 e. The Morgan fingerprint density at radius 3 is 2.76 bits per heavy atom. The first-order valence-electron chi connectivity index (χ1n) is 11.2. The first-order chi connectivity index (χ1) is 16.1. The minimum Gasteiger partial charge on any atom is -0.358 e. The molecule has 8 heteroatoms. The van der Waals surface area contributed by atoms with E-state index in [0.29, 0.717) is 30.2 Å². The van der Waals surface area contributed by atoms with Crippen molar-refractivity contribution in [3.63, 3.8) is 0 Å². The van der Waals surface area contributed by atoms with Crippen LogP contribution in [0.15, 0.2) is 48.9 Å². The topological polar surface area (TPSA) is 86.8 Å². The van der Waals surface area contributed by atoms with E-state index in [0.717, 1.165) is 53.7 Å². The Kier molecular flexibility index (Phi) is 5.73. The number of nitrogens with one attached hydrogen (secondary N) is 2. The summed E-state index contributed by atoms with van der Waals surface area (Å²) in [5.41, 5.74) is 4.70. The van der Waals surface area contributed by atoms with Gasteiger partial charge in [0.15, 0.2) is 0 Å². The van der Waals surface area contributed by atoms with Crippen LogP contribution in [0.4, 0.5) is 10.3 Å². The summed E-state index contributed by atoms with van der Waals surface area (Å²) in [6, 6.07) is 8.40. The summed E-state index contributed by atoms with van der Waals surface area (Å²) in [6.07, 6.45) is 7.80. The van der Waals surface area contributed by atoms with Crippen molar-refractivity contribution >= 4 is 22.8 Å². The molecule has 1 fully saturated rings. The molecular formula is C25H25FN6O. The van der Waals surface area contributed by atoms with E-state index in [1.165, 1.54) is 12.1 Å². The van der Waals surface area contributed by atoms with Crippen LogP contribution >= 0.6 is 0 Å². The van der Waals surface area contributed by atoms with Gasteiger partial charge in [-0.1, -0.05) is 0 Å². The molecule has 0 saturated carbocycles. The van der Waals surface area contributed by atoms with E-state index >= 15 is 0 Å². The van der Waals surface area contributed by atoms with Crippen molar-refractivity contribution in [2.45, 2.75) is 26.2 Å². The Labute approximate surface area is 191 Å². The van der Waals surface area contributed by atoms with Crippen LogP contribution in [0, 0.1) is 12.7 Å². The van der Waals surface area contributed by atoms with E-state index in [1.54, 1.807) is 24.7 Å². The van der Waals surface area contributed by atoms with Crippen LogP contribution in [0.3, 0.4) is 0 Å². The molecule has 0 radical (unpaired) electrons. The van der Waals surface area contributed by atoms with Crippen LogP contribution in [0.1, 0.15) is 34.5 Å². The zero-order valence-corrected chi connectivity index (χ0v) is 18.4. The Morgan fingerprint density at radius 1 is 1.18 bits per heavy atom. The summed E-state index contributed by atoms with van der Waals surface area (Å²) in [4.78, 5) is 31.8. The van der Waals surface area contributed by atoms with Crippen LogP contribution in [0.5, 0.6) is 0 Å². The van der Waals surface area contributed by atoms with Crippen LogP contribution in [-0.4, -0.2) is 45.5 Å². The highest BCUT2D eigenvalue weighted by Gasteiger charge is 2.21. The maximum atomic E-state index is 13.7. The second-order valence-electron chi connectivity index (χ2n) is 8.29. The van der Waals surface area contributed by atoms with Gasteiger partial charge in [-0.2, -0.15) is 0 Å². The van der Waals surface area contributed by atoms with Crippen LogP contribution in [0.25, 0.3) is 22.2 Å². The van der Waals surface area contributed by atoms with E-state index in [2.05, 4.69) is 25.2 Å². The van der Waals surface area contributed by atoms with E-state index < -0.39 is 0 Å². The summed E-state index contributed by atoms with van der Waals surface area (Å²) < 4.78 is 13.7. The third-order valence-electron chi connectivity index (χ3n) is 6.11. The van der Waals surface area contributed by atoms with Crippen LogP contribution in [0.2, 0.25) is 0 Å². The van der Waals surface area contributed by atoms with E-state index in [9.17, 15) is 9.18 Å². The number of carbonyl (C=O) groups excluding carboxylic acids is 1. The fourth-order valence-corrected chi connectivity index (χ4v) is 4.41. The fraction of sp³-hybridized carbons (Fsp3) is 0.280. The Morgan fingerprint density at radius 2 is 1.97 bits per heavy atom. The molecule has 1 aliphatic rings. The number of aryl methyl sites for hydroxylation is 1. The second kappa shape index (κ2) is 8.97. The third-order valence-corrected chi connectivity index (χ3v) is 6.11. The lowest BCUT2D eigenvalue weighted by atomic mass is 10.1. The number of nitrogens with zero attached hydrogens (tertiary/aromatic N) is 4. The number of hydrogen-bond donors (Lipinski definition) is 2. The molecule has 5 rings (SSSR count). The number of fused-ring (bicyclic) bond motifs is 1. The molecule has 0 unspecified atom stereocenters. The van der Waals surface area contributed by atoms with Crippen LogP contribution in [-0.2, 0) is 6.42 Å². The van der Waals surface area contributed by atoms with Crippen molar-refractivity contribution in [2.75, 3.05) is 24.5 Å². The standard InChI is InChI=1S/C25H25FN6O/c1-16-19(20-14-18(26)4-5-22(20)30-16)8-11-28-24(33)21-15-29-25(32-12-2-3-13-32)31-23(21)17-6-9-27-10-7-17/h4-7,9-10,14-15,30H,2-3,8,11-13H2,1H3,(H,28,33). The number of benzene rings is 1. The molecule has 4 heterocycles. The lowest BCUT2D eigenvalue weighted by Gasteiger charge is -2.17. The molecule has 1 aliphatic heterocycles. The van der Waals surface area contributed by atoms with E-state index in [1.807, 2.05) is 19.1 Å². The molecule has 0 bridgehead atoms. The molecule has 1 saturated heterocycles. The van der Waals surface area contributed by atoms with Crippen molar-refractivity contribution in [3.05, 3.63) is 71.6 Å². The Bertz CT molecular complexity index is 1300. The van der Waals surface area contributed by atoms with Gasteiger partial charge in [0.2, 0.25) is 5.95 Å². The number of rotatable bonds is 6. The molecule has 7 nitrogen and oxygen atoms in total. The van der Waals surface area contributed by atoms with Crippen molar-refractivity contribution < 1.29 is 9.18 Å². The lowest BCUT2D eigenvalue weighted by molar-refractivity contribution is 0.0954. The van der Waals surface area contributed by atoms with Gasteiger partial charge in [0, 0.05) is 60.4 Å². The van der Waals surface area contributed by atoms with Gasteiger partial charge in [0.1, 0.15) is 5.82 Å². The summed E-state index contributed by atoms with van der Waals surface area (Å²) in [5, 5.41) is 3.83. The number of carbonyl (C=O) groups is 1. The highest BCUT2D eigenvalue weighted by molar-refractivity contribution is 5.99. The molecule has 0 aliphatic carbocycles. The van der Waals surface area contributed by atoms with Crippen molar-refractivity contribution in [1.82, 2.24) is 25.3 Å². The molecule has 33 heavy (non-hydrogen) atoms. The number of halogens is 1. The average molecular weight is 445 g/mol. The number of aromatic nitrogens is 4. The lowest BCUT2D eigenvalue weighted by Crippen LogP contribution is -2.28. The first kappa shape index (κ1) is 21.1. The number of H-pyrrole nitrogens is 1. The van der Waals surface area contributed by atoms with E-state index in [4.69, 9.17) is 4.98 Å². The minimum absolute atomic E-state index is 0.238. The predicted molar refractivity (Wildman–Crippen MR) is 126 cm³/mol. The monoisotopic (exact) mass is 444 g/mol. The van der Waals surface area contributed by atoms with Gasteiger partial charge in [0.05, 0.1) is 11.3 Å². The average Bonchev–Trinajstić information content (AvgIpc) is 3.48. The summed E-state index contributed by atoms with van der Waals surface area (Å²) in [7, 11) is 0. The molecule has 168 valence electrons. The first-order valence-corrected chi connectivity index (χ1v) is 11.2. The van der Waals surface area contributed by atoms with Crippen molar-refractivity contribution in [2.24, 2.45) is 0 Å². The van der Waals surface area contributed by atoms with Crippen molar-refractivity contribution in [3.8, 4) is 11.3 Å². The number of amides is 1. The maximum absolute atomic E-state index is 13.7. The zero-order chi connectivity index (χ0) is 22.8. The largest absolute Gasteiger partial charge is 0.358 e. The number of anilines is 1. The van der Waals surface area contributed by atoms with Gasteiger partial charge >= 0.3 is 0 Å². The zero-order valence-electron chi connectivity index (χ0n) is 18.4. The molecule has 0 spiro atoms. The number of aromatic amines is 1.